The van der Waals surface area contributed by atoms with Crippen LogP contribution in [0.2, 0.25) is 0 Å². The Hall–Kier alpha value is -0.910. The van der Waals surface area contributed by atoms with Crippen LogP contribution in [-0.4, -0.2) is 49.2 Å². The SMILES string of the molecule is C=C(C)C(=O)OCC.OCCOCCO. The van der Waals surface area contributed by atoms with Crippen LogP contribution in [0.3, 0.4) is 0 Å². The van der Waals surface area contributed by atoms with E-state index in [1.54, 1.807) is 13.8 Å². The third kappa shape index (κ3) is 15.8. The van der Waals surface area contributed by atoms with Crippen LogP contribution in [0.5, 0.6) is 0 Å². The molecule has 0 aliphatic heterocycles. The van der Waals surface area contributed by atoms with Crippen LogP contribution in [0.4, 0.5) is 0 Å². The Morgan fingerprint density at radius 1 is 1.27 bits per heavy atom. The molecule has 2 N–H and O–H groups in total. The van der Waals surface area contributed by atoms with Crippen molar-refractivity contribution in [1.82, 2.24) is 0 Å². The van der Waals surface area contributed by atoms with E-state index >= 15 is 0 Å². The number of carbonyl (C=O) groups excluding carboxylic acids is 1. The zero-order chi connectivity index (χ0) is 12.1. The largest absolute Gasteiger partial charge is 0.463 e. The van der Waals surface area contributed by atoms with E-state index in [9.17, 15) is 4.79 Å². The van der Waals surface area contributed by atoms with E-state index < -0.39 is 0 Å². The van der Waals surface area contributed by atoms with Crippen LogP contribution in [0.25, 0.3) is 0 Å². The molecule has 0 aromatic carbocycles. The summed E-state index contributed by atoms with van der Waals surface area (Å²) in [5.74, 6) is -0.312. The topological polar surface area (TPSA) is 76.0 Å². The number of rotatable bonds is 6. The summed E-state index contributed by atoms with van der Waals surface area (Å²) >= 11 is 0. The fourth-order valence-corrected chi connectivity index (χ4v) is 0.485. The maximum absolute atomic E-state index is 10.4. The van der Waals surface area contributed by atoms with Crippen LogP contribution in [0.1, 0.15) is 13.8 Å². The van der Waals surface area contributed by atoms with Crippen molar-refractivity contribution >= 4 is 5.97 Å². The number of hydrogen-bond acceptors (Lipinski definition) is 5. The summed E-state index contributed by atoms with van der Waals surface area (Å²) in [6.07, 6.45) is 0. The van der Waals surface area contributed by atoms with Gasteiger partial charge in [-0.1, -0.05) is 6.58 Å². The molecule has 0 heterocycles. The molecule has 0 amide bonds. The summed E-state index contributed by atoms with van der Waals surface area (Å²) in [6, 6.07) is 0. The van der Waals surface area contributed by atoms with Gasteiger partial charge in [0.1, 0.15) is 0 Å². The fraction of sp³-hybridized carbons (Fsp3) is 0.700. The molecule has 0 aromatic heterocycles. The number of aliphatic hydroxyl groups is 2. The molecule has 0 saturated carbocycles. The highest BCUT2D eigenvalue weighted by Gasteiger charge is 1.98. The normalized spacial score (nSPS) is 8.80. The molecule has 15 heavy (non-hydrogen) atoms. The third-order valence-corrected chi connectivity index (χ3v) is 1.10. The van der Waals surface area contributed by atoms with E-state index in [0.717, 1.165) is 0 Å². The molecule has 0 unspecified atom stereocenters. The van der Waals surface area contributed by atoms with E-state index in [4.69, 9.17) is 10.2 Å². The minimum absolute atomic E-state index is 0.0278. The average molecular weight is 220 g/mol. The number of ether oxygens (including phenoxy) is 2. The second-order valence-electron chi connectivity index (χ2n) is 2.56. The van der Waals surface area contributed by atoms with Gasteiger partial charge in [-0.15, -0.1) is 0 Å². The Morgan fingerprint density at radius 3 is 1.93 bits per heavy atom. The zero-order valence-corrected chi connectivity index (χ0v) is 9.36. The second-order valence-corrected chi connectivity index (χ2v) is 2.56. The molecule has 0 saturated heterocycles. The first kappa shape index (κ1) is 16.5. The lowest BCUT2D eigenvalue weighted by Crippen LogP contribution is -2.03. The van der Waals surface area contributed by atoms with Crippen molar-refractivity contribution in [1.29, 1.82) is 0 Å². The van der Waals surface area contributed by atoms with Gasteiger partial charge in [-0.3, -0.25) is 0 Å². The second kappa shape index (κ2) is 13.1. The summed E-state index contributed by atoms with van der Waals surface area (Å²) in [7, 11) is 0. The predicted molar refractivity (Wildman–Crippen MR) is 56.4 cm³/mol. The zero-order valence-electron chi connectivity index (χ0n) is 9.36. The number of aliphatic hydroxyl groups excluding tert-OH is 2. The summed E-state index contributed by atoms with van der Waals surface area (Å²) in [5.41, 5.74) is 0.451. The minimum Gasteiger partial charge on any atom is -0.463 e. The van der Waals surface area contributed by atoms with Crippen LogP contribution in [0.15, 0.2) is 12.2 Å². The van der Waals surface area contributed by atoms with Crippen molar-refractivity contribution in [3.05, 3.63) is 12.2 Å². The predicted octanol–water partition coefficient (Wildman–Crippen LogP) is 0.113. The van der Waals surface area contributed by atoms with E-state index in [1.165, 1.54) is 0 Å². The van der Waals surface area contributed by atoms with Gasteiger partial charge in [-0.25, -0.2) is 4.79 Å². The molecule has 0 atom stereocenters. The number of esters is 1. The van der Waals surface area contributed by atoms with Crippen LogP contribution < -0.4 is 0 Å². The Bertz CT molecular complexity index is 163. The van der Waals surface area contributed by atoms with Gasteiger partial charge in [0, 0.05) is 5.57 Å². The quantitative estimate of drug-likeness (QED) is 0.377. The van der Waals surface area contributed by atoms with Crippen molar-refractivity contribution in [2.75, 3.05) is 33.0 Å². The standard InChI is InChI=1S/C6H10O2.C4H10O3/c1-4-8-6(7)5(2)3;5-1-3-7-4-2-6/h2,4H2,1,3H3;5-6H,1-4H2. The maximum atomic E-state index is 10.4. The lowest BCUT2D eigenvalue weighted by atomic mass is 10.4. The Morgan fingerprint density at radius 2 is 1.73 bits per heavy atom. The first-order valence-corrected chi connectivity index (χ1v) is 4.72. The van der Waals surface area contributed by atoms with E-state index in [0.29, 0.717) is 25.4 Å². The molecule has 5 nitrogen and oxygen atoms in total. The molecule has 0 radical (unpaired) electrons. The van der Waals surface area contributed by atoms with Crippen molar-refractivity contribution in [2.45, 2.75) is 13.8 Å². The first-order chi connectivity index (χ1) is 7.09. The van der Waals surface area contributed by atoms with Crippen molar-refractivity contribution in [2.24, 2.45) is 0 Å². The molecular weight excluding hydrogens is 200 g/mol. The van der Waals surface area contributed by atoms with Crippen LogP contribution in [-0.2, 0) is 14.3 Å². The fourth-order valence-electron chi connectivity index (χ4n) is 0.485. The number of carbonyl (C=O) groups is 1. The molecule has 0 aliphatic rings. The van der Waals surface area contributed by atoms with Gasteiger partial charge in [0.15, 0.2) is 0 Å². The van der Waals surface area contributed by atoms with Crippen LogP contribution >= 0.6 is 0 Å². The Labute approximate surface area is 90.3 Å². The molecule has 5 heteroatoms. The average Bonchev–Trinajstić information content (AvgIpc) is 2.20. The smallest absolute Gasteiger partial charge is 0.333 e. The lowest BCUT2D eigenvalue weighted by Gasteiger charge is -1.96. The molecule has 0 rings (SSSR count). The molecule has 0 bridgehead atoms. The van der Waals surface area contributed by atoms with Gasteiger partial charge in [-0.2, -0.15) is 0 Å². The highest BCUT2D eigenvalue weighted by atomic mass is 16.5. The maximum Gasteiger partial charge on any atom is 0.333 e. The first-order valence-electron chi connectivity index (χ1n) is 4.72. The van der Waals surface area contributed by atoms with Gasteiger partial charge in [-0.05, 0) is 13.8 Å². The van der Waals surface area contributed by atoms with Gasteiger partial charge < -0.3 is 19.7 Å². The lowest BCUT2D eigenvalue weighted by molar-refractivity contribution is -0.138. The summed E-state index contributed by atoms with van der Waals surface area (Å²) in [6.45, 7) is 7.90. The molecule has 0 spiro atoms. The Balaban J connectivity index is 0. The molecule has 0 aliphatic carbocycles. The molecule has 90 valence electrons. The van der Waals surface area contributed by atoms with Crippen LogP contribution in [0, 0.1) is 0 Å². The van der Waals surface area contributed by atoms with E-state index in [-0.39, 0.29) is 19.2 Å². The molecule has 0 aromatic rings. The highest BCUT2D eigenvalue weighted by Crippen LogP contribution is 1.89. The number of hydrogen-bond donors (Lipinski definition) is 2. The van der Waals surface area contributed by atoms with Crippen molar-refractivity contribution in [3.63, 3.8) is 0 Å². The van der Waals surface area contributed by atoms with Crippen molar-refractivity contribution < 1.29 is 24.5 Å². The summed E-state index contributed by atoms with van der Waals surface area (Å²) < 4.78 is 9.20. The summed E-state index contributed by atoms with van der Waals surface area (Å²) in [5, 5.41) is 16.2. The highest BCUT2D eigenvalue weighted by molar-refractivity contribution is 5.86. The molecular formula is C10H20O5. The van der Waals surface area contributed by atoms with E-state index in [1.807, 2.05) is 0 Å². The third-order valence-electron chi connectivity index (χ3n) is 1.10. The van der Waals surface area contributed by atoms with Gasteiger partial charge in [0.25, 0.3) is 0 Å². The van der Waals surface area contributed by atoms with Crippen molar-refractivity contribution in [3.8, 4) is 0 Å². The van der Waals surface area contributed by atoms with E-state index in [2.05, 4.69) is 16.1 Å². The minimum atomic E-state index is -0.312. The van der Waals surface area contributed by atoms with Gasteiger partial charge in [0.05, 0.1) is 33.0 Å². The van der Waals surface area contributed by atoms with Gasteiger partial charge >= 0.3 is 5.97 Å². The monoisotopic (exact) mass is 220 g/mol. The Kier molecular flexibility index (Phi) is 14.4. The summed E-state index contributed by atoms with van der Waals surface area (Å²) in [4.78, 5) is 10.4. The molecule has 0 fully saturated rings. The van der Waals surface area contributed by atoms with Gasteiger partial charge in [0.2, 0.25) is 0 Å².